The number of nitrogens with zero attached hydrogens (tertiary/aromatic N) is 1. The lowest BCUT2D eigenvalue weighted by Crippen LogP contribution is -2.20. The Labute approximate surface area is 94.5 Å². The molecule has 5 nitrogen and oxygen atoms in total. The van der Waals surface area contributed by atoms with E-state index in [2.05, 4.69) is 10.3 Å². The van der Waals surface area contributed by atoms with Crippen LogP contribution in [0.3, 0.4) is 0 Å². The second kappa shape index (κ2) is 6.07. The maximum atomic E-state index is 10.7. The van der Waals surface area contributed by atoms with Crippen LogP contribution in [-0.4, -0.2) is 35.3 Å². The molecule has 1 aromatic heterocycles. The number of nitrogens with one attached hydrogen (secondary N) is 1. The Morgan fingerprint density at radius 3 is 3.00 bits per heavy atom. The molecule has 1 aromatic rings. The average molecular weight is 224 g/mol. The molecule has 0 fully saturated rings. The van der Waals surface area contributed by atoms with Gasteiger partial charge in [-0.3, -0.25) is 0 Å². The highest BCUT2D eigenvalue weighted by Gasteiger charge is 2.06. The molecule has 1 rings (SSSR count). The monoisotopic (exact) mass is 224 g/mol. The number of anilines is 1. The molecule has 0 spiro atoms. The van der Waals surface area contributed by atoms with Gasteiger partial charge >= 0.3 is 5.97 Å². The van der Waals surface area contributed by atoms with Gasteiger partial charge in [0.1, 0.15) is 5.82 Å². The Kier molecular flexibility index (Phi) is 4.72. The van der Waals surface area contributed by atoms with Gasteiger partial charge in [0, 0.05) is 13.2 Å². The van der Waals surface area contributed by atoms with E-state index in [-0.39, 0.29) is 11.8 Å². The largest absolute Gasteiger partial charge is 0.477 e. The van der Waals surface area contributed by atoms with Gasteiger partial charge in [-0.05, 0) is 26.0 Å². The first-order chi connectivity index (χ1) is 7.63. The van der Waals surface area contributed by atoms with E-state index in [1.807, 2.05) is 13.8 Å². The highest BCUT2D eigenvalue weighted by Crippen LogP contribution is 2.05. The smallest absolute Gasteiger partial charge is 0.354 e. The minimum Gasteiger partial charge on any atom is -0.477 e. The predicted octanol–water partition coefficient (Wildman–Crippen LogP) is 1.62. The van der Waals surface area contributed by atoms with Crippen molar-refractivity contribution in [2.24, 2.45) is 0 Å². The number of ether oxygens (including phenoxy) is 1. The van der Waals surface area contributed by atoms with Crippen molar-refractivity contribution < 1.29 is 14.6 Å². The first-order valence-electron chi connectivity index (χ1n) is 5.19. The number of aromatic carboxylic acids is 1. The minimum atomic E-state index is -1.03. The van der Waals surface area contributed by atoms with Gasteiger partial charge in [-0.25, -0.2) is 9.78 Å². The Morgan fingerprint density at radius 1 is 1.62 bits per heavy atom. The van der Waals surface area contributed by atoms with E-state index in [0.29, 0.717) is 19.0 Å². The molecule has 0 saturated carbocycles. The average Bonchev–Trinajstić information content (AvgIpc) is 2.27. The molecule has 0 aliphatic heterocycles. The molecule has 1 unspecified atom stereocenters. The fourth-order valence-corrected chi connectivity index (χ4v) is 1.24. The summed E-state index contributed by atoms with van der Waals surface area (Å²) in [5, 5.41) is 11.8. The van der Waals surface area contributed by atoms with Gasteiger partial charge in [-0.2, -0.15) is 0 Å². The van der Waals surface area contributed by atoms with Crippen molar-refractivity contribution in [2.75, 3.05) is 18.5 Å². The van der Waals surface area contributed by atoms with Gasteiger partial charge in [-0.15, -0.1) is 0 Å². The molecule has 16 heavy (non-hydrogen) atoms. The molecule has 1 atom stereocenters. The molecule has 2 N–H and O–H groups in total. The van der Waals surface area contributed by atoms with Crippen molar-refractivity contribution in [3.63, 3.8) is 0 Å². The lowest BCUT2D eigenvalue weighted by molar-refractivity contribution is 0.0690. The van der Waals surface area contributed by atoms with Crippen molar-refractivity contribution in [3.05, 3.63) is 23.9 Å². The number of hydrogen-bond acceptors (Lipinski definition) is 4. The van der Waals surface area contributed by atoms with Crippen LogP contribution in [0.4, 0.5) is 5.82 Å². The maximum Gasteiger partial charge on any atom is 0.354 e. The molecule has 0 bridgehead atoms. The van der Waals surface area contributed by atoms with Gasteiger partial charge in [-0.1, -0.05) is 6.07 Å². The second-order valence-corrected chi connectivity index (χ2v) is 3.36. The predicted molar refractivity (Wildman–Crippen MR) is 60.8 cm³/mol. The highest BCUT2D eigenvalue weighted by atomic mass is 16.5. The molecular formula is C11H16N2O3. The van der Waals surface area contributed by atoms with E-state index in [1.165, 1.54) is 6.07 Å². The molecule has 0 amide bonds. The first kappa shape index (κ1) is 12.4. The molecule has 0 aliphatic rings. The third kappa shape index (κ3) is 3.86. The van der Waals surface area contributed by atoms with Crippen LogP contribution < -0.4 is 5.32 Å². The summed E-state index contributed by atoms with van der Waals surface area (Å²) >= 11 is 0. The van der Waals surface area contributed by atoms with Gasteiger partial charge in [0.15, 0.2) is 5.69 Å². The van der Waals surface area contributed by atoms with E-state index in [4.69, 9.17) is 9.84 Å². The van der Waals surface area contributed by atoms with Crippen LogP contribution in [0.1, 0.15) is 24.3 Å². The fourth-order valence-electron chi connectivity index (χ4n) is 1.24. The summed E-state index contributed by atoms with van der Waals surface area (Å²) < 4.78 is 5.33. The van der Waals surface area contributed by atoms with E-state index < -0.39 is 5.97 Å². The maximum absolute atomic E-state index is 10.7. The normalized spacial score (nSPS) is 12.1. The summed E-state index contributed by atoms with van der Waals surface area (Å²) in [7, 11) is 0. The van der Waals surface area contributed by atoms with E-state index >= 15 is 0 Å². The molecule has 0 saturated heterocycles. The summed E-state index contributed by atoms with van der Waals surface area (Å²) in [5.41, 5.74) is 0.0362. The lowest BCUT2D eigenvalue weighted by Gasteiger charge is -2.12. The zero-order valence-corrected chi connectivity index (χ0v) is 9.43. The van der Waals surface area contributed by atoms with Crippen molar-refractivity contribution in [1.82, 2.24) is 4.98 Å². The van der Waals surface area contributed by atoms with Crippen LogP contribution in [0.15, 0.2) is 18.2 Å². The molecular weight excluding hydrogens is 208 g/mol. The van der Waals surface area contributed by atoms with Crippen molar-refractivity contribution in [1.29, 1.82) is 0 Å². The van der Waals surface area contributed by atoms with Gasteiger partial charge in [0.2, 0.25) is 0 Å². The number of carbonyl (C=O) groups is 1. The molecule has 0 aromatic carbocycles. The van der Waals surface area contributed by atoms with Gasteiger partial charge in [0.25, 0.3) is 0 Å². The zero-order valence-electron chi connectivity index (χ0n) is 9.43. The Bertz CT molecular complexity index is 355. The number of rotatable bonds is 6. The lowest BCUT2D eigenvalue weighted by atomic mass is 10.3. The Morgan fingerprint density at radius 2 is 2.38 bits per heavy atom. The van der Waals surface area contributed by atoms with Gasteiger partial charge < -0.3 is 15.2 Å². The fraction of sp³-hybridized carbons (Fsp3) is 0.455. The molecule has 88 valence electrons. The number of aromatic nitrogens is 1. The SMILES string of the molecule is CCOC(C)CNc1cccc(C(=O)O)n1. The van der Waals surface area contributed by atoms with Crippen LogP contribution in [0.25, 0.3) is 0 Å². The summed E-state index contributed by atoms with van der Waals surface area (Å²) in [6.45, 7) is 5.13. The molecule has 1 heterocycles. The van der Waals surface area contributed by atoms with Crippen molar-refractivity contribution in [2.45, 2.75) is 20.0 Å². The number of carboxylic acid groups (broad SMARTS) is 1. The van der Waals surface area contributed by atoms with Gasteiger partial charge in [0.05, 0.1) is 6.10 Å². The van der Waals surface area contributed by atoms with Crippen molar-refractivity contribution in [3.8, 4) is 0 Å². The van der Waals surface area contributed by atoms with E-state index in [9.17, 15) is 4.79 Å². The Balaban J connectivity index is 2.54. The van der Waals surface area contributed by atoms with Crippen LogP contribution >= 0.6 is 0 Å². The zero-order chi connectivity index (χ0) is 12.0. The Hall–Kier alpha value is -1.62. The van der Waals surface area contributed by atoms with Crippen LogP contribution in [0.2, 0.25) is 0 Å². The minimum absolute atomic E-state index is 0.0362. The van der Waals surface area contributed by atoms with Crippen LogP contribution in [0, 0.1) is 0 Å². The quantitative estimate of drug-likeness (QED) is 0.768. The number of hydrogen-bond donors (Lipinski definition) is 2. The summed E-state index contributed by atoms with van der Waals surface area (Å²) in [4.78, 5) is 14.6. The number of carboxylic acids is 1. The summed E-state index contributed by atoms with van der Waals surface area (Å²) in [6.07, 6.45) is 0.0697. The van der Waals surface area contributed by atoms with Crippen LogP contribution in [-0.2, 0) is 4.74 Å². The molecule has 0 aliphatic carbocycles. The standard InChI is InChI=1S/C11H16N2O3/c1-3-16-8(2)7-12-10-6-4-5-9(13-10)11(14)15/h4-6,8H,3,7H2,1-2H3,(H,12,13)(H,14,15). The number of pyridine rings is 1. The van der Waals surface area contributed by atoms with Crippen LogP contribution in [0.5, 0.6) is 0 Å². The molecule has 0 radical (unpaired) electrons. The summed E-state index contributed by atoms with van der Waals surface area (Å²) in [6, 6.07) is 4.84. The van der Waals surface area contributed by atoms with Crippen molar-refractivity contribution >= 4 is 11.8 Å². The van der Waals surface area contributed by atoms with E-state index in [0.717, 1.165) is 0 Å². The summed E-state index contributed by atoms with van der Waals surface area (Å²) in [5.74, 6) is -0.479. The van der Waals surface area contributed by atoms with E-state index in [1.54, 1.807) is 12.1 Å². The second-order valence-electron chi connectivity index (χ2n) is 3.36. The first-order valence-corrected chi connectivity index (χ1v) is 5.19. The topological polar surface area (TPSA) is 71.5 Å². The highest BCUT2D eigenvalue weighted by molar-refractivity contribution is 5.85. The molecule has 5 heteroatoms. The third-order valence-electron chi connectivity index (χ3n) is 1.99. The third-order valence-corrected chi connectivity index (χ3v) is 1.99.